The quantitative estimate of drug-likeness (QED) is 0.923. The van der Waals surface area contributed by atoms with Crippen molar-refractivity contribution >= 4 is 33.5 Å². The fourth-order valence-corrected chi connectivity index (χ4v) is 2.33. The van der Waals surface area contributed by atoms with Gasteiger partial charge in [-0.25, -0.2) is 18.7 Å². The molecule has 0 aliphatic carbocycles. The molecule has 0 spiro atoms. The zero-order valence-corrected chi connectivity index (χ0v) is 10.7. The van der Waals surface area contributed by atoms with E-state index in [1.165, 1.54) is 0 Å². The third kappa shape index (κ3) is 2.73. The Labute approximate surface area is 109 Å². The number of anilines is 1. The highest BCUT2D eigenvalue weighted by Crippen LogP contribution is 2.32. The Morgan fingerprint density at radius 2 is 2.00 bits per heavy atom. The number of nitrogens with two attached hydrogens (primary N) is 1. The maximum absolute atomic E-state index is 13.4. The van der Waals surface area contributed by atoms with E-state index in [1.807, 2.05) is 0 Å². The highest BCUT2D eigenvalue weighted by Gasteiger charge is 2.13. The molecule has 0 fully saturated rings. The number of nitrogen functional groups attached to an aromatic ring is 1. The predicted octanol–water partition coefficient (Wildman–Crippen LogP) is 3.25. The molecule has 0 unspecified atom stereocenters. The molecule has 17 heavy (non-hydrogen) atoms. The molecule has 3 nitrogen and oxygen atoms in total. The highest BCUT2D eigenvalue weighted by molar-refractivity contribution is 9.10. The minimum Gasteiger partial charge on any atom is -0.381 e. The molecule has 0 aliphatic rings. The Morgan fingerprint density at radius 1 is 1.24 bits per heavy atom. The smallest absolute Gasteiger partial charge is 0.168 e. The minimum absolute atomic E-state index is 0.0108. The van der Waals surface area contributed by atoms with Crippen LogP contribution in [0.4, 0.5) is 14.6 Å². The van der Waals surface area contributed by atoms with Crippen molar-refractivity contribution < 1.29 is 8.78 Å². The summed E-state index contributed by atoms with van der Waals surface area (Å²) < 4.78 is 27.0. The second-order valence-corrected chi connectivity index (χ2v) is 4.87. The Kier molecular flexibility index (Phi) is 3.58. The molecular weight excluding hydrogens is 312 g/mol. The van der Waals surface area contributed by atoms with E-state index in [4.69, 9.17) is 5.73 Å². The van der Waals surface area contributed by atoms with Crippen LogP contribution in [0.5, 0.6) is 0 Å². The summed E-state index contributed by atoms with van der Waals surface area (Å²) >= 11 is 4.25. The first kappa shape index (κ1) is 12.3. The average Bonchev–Trinajstić information content (AvgIpc) is 2.29. The van der Waals surface area contributed by atoms with E-state index in [1.54, 1.807) is 18.3 Å². The van der Waals surface area contributed by atoms with Gasteiger partial charge in [0.15, 0.2) is 17.5 Å². The van der Waals surface area contributed by atoms with Gasteiger partial charge in [0.1, 0.15) is 10.1 Å². The third-order valence-corrected chi connectivity index (χ3v) is 3.74. The number of pyridine rings is 2. The van der Waals surface area contributed by atoms with Gasteiger partial charge in [-0.1, -0.05) is 0 Å². The molecule has 2 N–H and O–H groups in total. The van der Waals surface area contributed by atoms with Gasteiger partial charge in [0, 0.05) is 12.3 Å². The molecule has 0 aliphatic heterocycles. The van der Waals surface area contributed by atoms with E-state index in [-0.39, 0.29) is 10.8 Å². The van der Waals surface area contributed by atoms with Crippen molar-refractivity contribution in [3.63, 3.8) is 0 Å². The molecular formula is C10H6BrF2N3S. The summed E-state index contributed by atoms with van der Waals surface area (Å²) in [7, 11) is 0. The molecule has 88 valence electrons. The lowest BCUT2D eigenvalue weighted by atomic mass is 10.4. The van der Waals surface area contributed by atoms with Crippen LogP contribution in [0, 0.1) is 11.6 Å². The predicted molar refractivity (Wildman–Crippen MR) is 64.6 cm³/mol. The summed E-state index contributed by atoms with van der Waals surface area (Å²) in [6.45, 7) is 0. The zero-order chi connectivity index (χ0) is 12.4. The van der Waals surface area contributed by atoms with Crippen LogP contribution in [0.25, 0.3) is 0 Å². The molecule has 2 aromatic rings. The molecule has 0 amide bonds. The zero-order valence-electron chi connectivity index (χ0n) is 8.32. The Hall–Kier alpha value is -1.21. The lowest BCUT2D eigenvalue weighted by molar-refractivity contribution is 0.552. The van der Waals surface area contributed by atoms with Gasteiger partial charge in [0.05, 0.1) is 4.47 Å². The van der Waals surface area contributed by atoms with Crippen molar-refractivity contribution in [1.29, 1.82) is 0 Å². The summed E-state index contributed by atoms with van der Waals surface area (Å²) in [6.07, 6.45) is 1.57. The van der Waals surface area contributed by atoms with E-state index in [0.29, 0.717) is 15.6 Å². The van der Waals surface area contributed by atoms with Gasteiger partial charge < -0.3 is 5.73 Å². The van der Waals surface area contributed by atoms with Gasteiger partial charge in [-0.05, 0) is 39.8 Å². The normalized spacial score (nSPS) is 10.5. The lowest BCUT2D eigenvalue weighted by Gasteiger charge is -2.04. The number of aromatic nitrogens is 2. The van der Waals surface area contributed by atoms with Gasteiger partial charge in [0.2, 0.25) is 0 Å². The molecule has 2 aromatic heterocycles. The number of hydrogen-bond acceptors (Lipinski definition) is 4. The topological polar surface area (TPSA) is 51.8 Å². The second-order valence-electron chi connectivity index (χ2n) is 3.03. The largest absolute Gasteiger partial charge is 0.381 e. The first-order chi connectivity index (χ1) is 8.08. The summed E-state index contributed by atoms with van der Waals surface area (Å²) in [5.74, 6) is -1.97. The van der Waals surface area contributed by atoms with Gasteiger partial charge in [-0.3, -0.25) is 0 Å². The van der Waals surface area contributed by atoms with E-state index in [0.717, 1.165) is 11.8 Å². The van der Waals surface area contributed by atoms with Crippen molar-refractivity contribution in [3.8, 4) is 0 Å². The van der Waals surface area contributed by atoms with Crippen LogP contribution in [-0.2, 0) is 0 Å². The van der Waals surface area contributed by atoms with E-state index < -0.39 is 11.6 Å². The van der Waals surface area contributed by atoms with Gasteiger partial charge >= 0.3 is 0 Å². The number of rotatable bonds is 2. The van der Waals surface area contributed by atoms with E-state index >= 15 is 0 Å². The standard InChI is InChI=1S/C10H6BrF2N3S/c11-5-2-1-3-15-9(5)17-10-7(13)4-6(12)8(14)16-10/h1-4H,(H2,14,16). The summed E-state index contributed by atoms with van der Waals surface area (Å²) in [4.78, 5) is 7.68. The van der Waals surface area contributed by atoms with Crippen molar-refractivity contribution in [1.82, 2.24) is 9.97 Å². The highest BCUT2D eigenvalue weighted by atomic mass is 79.9. The van der Waals surface area contributed by atoms with Crippen LogP contribution in [0.2, 0.25) is 0 Å². The monoisotopic (exact) mass is 317 g/mol. The molecule has 0 saturated carbocycles. The number of halogens is 3. The molecule has 0 atom stereocenters. The minimum atomic E-state index is -0.869. The van der Waals surface area contributed by atoms with Gasteiger partial charge in [-0.15, -0.1) is 0 Å². The fourth-order valence-electron chi connectivity index (χ4n) is 1.07. The molecule has 0 radical (unpaired) electrons. The molecule has 0 bridgehead atoms. The summed E-state index contributed by atoms with van der Waals surface area (Å²) in [6, 6.07) is 4.21. The van der Waals surface area contributed by atoms with Crippen LogP contribution < -0.4 is 5.73 Å². The number of nitrogens with zero attached hydrogens (tertiary/aromatic N) is 2. The van der Waals surface area contributed by atoms with Crippen molar-refractivity contribution in [3.05, 3.63) is 40.5 Å². The summed E-state index contributed by atoms with van der Waals surface area (Å²) in [5, 5.41) is 0.521. The molecule has 0 saturated heterocycles. The van der Waals surface area contributed by atoms with Crippen molar-refractivity contribution in [2.24, 2.45) is 0 Å². The summed E-state index contributed by atoms with van der Waals surface area (Å²) in [5.41, 5.74) is 5.28. The Morgan fingerprint density at radius 3 is 2.71 bits per heavy atom. The fraction of sp³-hybridized carbons (Fsp3) is 0. The van der Waals surface area contributed by atoms with Crippen molar-refractivity contribution in [2.45, 2.75) is 10.1 Å². The second kappa shape index (κ2) is 4.97. The molecule has 0 aromatic carbocycles. The van der Waals surface area contributed by atoms with Gasteiger partial charge in [-0.2, -0.15) is 0 Å². The maximum Gasteiger partial charge on any atom is 0.168 e. The van der Waals surface area contributed by atoms with Crippen LogP contribution in [-0.4, -0.2) is 9.97 Å². The number of hydrogen-bond donors (Lipinski definition) is 1. The van der Waals surface area contributed by atoms with Crippen LogP contribution >= 0.6 is 27.7 Å². The van der Waals surface area contributed by atoms with Crippen LogP contribution in [0.3, 0.4) is 0 Å². The Bertz CT molecular complexity index is 565. The van der Waals surface area contributed by atoms with Gasteiger partial charge in [0.25, 0.3) is 0 Å². The van der Waals surface area contributed by atoms with Crippen molar-refractivity contribution in [2.75, 3.05) is 5.73 Å². The molecule has 2 heterocycles. The lowest BCUT2D eigenvalue weighted by Crippen LogP contribution is -1.99. The first-order valence-electron chi connectivity index (χ1n) is 4.48. The molecule has 7 heteroatoms. The maximum atomic E-state index is 13.4. The Balaban J connectivity index is 2.37. The van der Waals surface area contributed by atoms with Crippen LogP contribution in [0.1, 0.15) is 0 Å². The van der Waals surface area contributed by atoms with E-state index in [2.05, 4.69) is 25.9 Å². The first-order valence-corrected chi connectivity index (χ1v) is 6.09. The SMILES string of the molecule is Nc1nc(Sc2ncccc2Br)c(F)cc1F. The third-order valence-electron chi connectivity index (χ3n) is 1.84. The average molecular weight is 318 g/mol. The van der Waals surface area contributed by atoms with Crippen LogP contribution in [0.15, 0.2) is 38.9 Å². The molecule has 2 rings (SSSR count). The van der Waals surface area contributed by atoms with E-state index in [9.17, 15) is 8.78 Å².